The number of rotatable bonds is 3. The zero-order chi connectivity index (χ0) is 10.7. The van der Waals surface area contributed by atoms with Crippen LogP contribution in [-0.4, -0.2) is 10.2 Å². The number of nitrogens with two attached hydrogens (primary N) is 1. The van der Waals surface area contributed by atoms with E-state index in [1.54, 1.807) is 31.2 Å². The summed E-state index contributed by atoms with van der Waals surface area (Å²) in [6.07, 6.45) is 0. The molecule has 5 nitrogen and oxygen atoms in total. The maximum atomic E-state index is 5.54. The molecule has 0 aliphatic carbocycles. The summed E-state index contributed by atoms with van der Waals surface area (Å²) in [4.78, 5) is 0. The van der Waals surface area contributed by atoms with E-state index in [4.69, 9.17) is 14.9 Å². The predicted octanol–water partition coefficient (Wildman–Crippen LogP) is 1.54. The van der Waals surface area contributed by atoms with Crippen molar-refractivity contribution in [3.8, 4) is 5.75 Å². The molecule has 0 unspecified atom stereocenters. The summed E-state index contributed by atoms with van der Waals surface area (Å²) in [6.45, 7) is 2.00. The third-order valence-corrected chi connectivity index (χ3v) is 1.81. The second-order valence-corrected chi connectivity index (χ2v) is 3.07. The molecule has 5 heteroatoms. The van der Waals surface area contributed by atoms with Crippen molar-refractivity contribution in [2.24, 2.45) is 0 Å². The summed E-state index contributed by atoms with van der Waals surface area (Å²) in [6, 6.07) is 7.12. The molecule has 0 saturated carbocycles. The van der Waals surface area contributed by atoms with Crippen molar-refractivity contribution in [2.75, 3.05) is 5.73 Å². The molecule has 1 aromatic carbocycles. The lowest BCUT2D eigenvalue weighted by Gasteiger charge is -2.02. The Kier molecular flexibility index (Phi) is 2.53. The molecule has 78 valence electrons. The molecule has 0 spiro atoms. The van der Waals surface area contributed by atoms with Crippen molar-refractivity contribution in [2.45, 2.75) is 13.5 Å². The molecule has 1 aromatic heterocycles. The Labute approximate surface area is 86.9 Å². The smallest absolute Gasteiger partial charge is 0.253 e. The van der Waals surface area contributed by atoms with E-state index in [0.29, 0.717) is 17.5 Å². The summed E-state index contributed by atoms with van der Waals surface area (Å²) in [7, 11) is 0. The maximum Gasteiger partial charge on any atom is 0.253 e. The zero-order valence-electron chi connectivity index (χ0n) is 8.30. The molecule has 0 fully saturated rings. The molecule has 0 saturated heterocycles. The molecule has 1 heterocycles. The average Bonchev–Trinajstić information content (AvgIpc) is 2.64. The number of nitrogens with zero attached hydrogens (tertiary/aromatic N) is 2. The van der Waals surface area contributed by atoms with E-state index in [-0.39, 0.29) is 6.61 Å². The lowest BCUT2D eigenvalue weighted by molar-refractivity contribution is 0.260. The first kappa shape index (κ1) is 9.51. The van der Waals surface area contributed by atoms with Crippen molar-refractivity contribution in [1.82, 2.24) is 10.2 Å². The predicted molar refractivity (Wildman–Crippen MR) is 54.2 cm³/mol. The van der Waals surface area contributed by atoms with Gasteiger partial charge in [-0.05, 0) is 24.3 Å². The zero-order valence-corrected chi connectivity index (χ0v) is 8.30. The van der Waals surface area contributed by atoms with Crippen LogP contribution in [-0.2, 0) is 6.61 Å². The van der Waals surface area contributed by atoms with Gasteiger partial charge in [0.1, 0.15) is 5.75 Å². The fourth-order valence-electron chi connectivity index (χ4n) is 1.10. The van der Waals surface area contributed by atoms with Gasteiger partial charge in [-0.2, -0.15) is 0 Å². The Bertz CT molecular complexity index is 436. The molecule has 15 heavy (non-hydrogen) atoms. The van der Waals surface area contributed by atoms with Crippen LogP contribution in [0.5, 0.6) is 5.75 Å². The van der Waals surface area contributed by atoms with Gasteiger partial charge in [0.15, 0.2) is 6.61 Å². The van der Waals surface area contributed by atoms with Crippen molar-refractivity contribution in [3.63, 3.8) is 0 Å². The van der Waals surface area contributed by atoms with Crippen molar-refractivity contribution in [3.05, 3.63) is 36.0 Å². The number of hydrogen-bond acceptors (Lipinski definition) is 5. The highest BCUT2D eigenvalue weighted by molar-refractivity contribution is 5.41. The van der Waals surface area contributed by atoms with Gasteiger partial charge in [-0.3, -0.25) is 0 Å². The standard InChI is InChI=1S/C10H11N3O2/c1-7-12-13-10(15-7)6-14-9-4-2-8(11)3-5-9/h2-5H,6,11H2,1H3. The van der Waals surface area contributed by atoms with Gasteiger partial charge in [0, 0.05) is 12.6 Å². The SMILES string of the molecule is Cc1nnc(COc2ccc(N)cc2)o1. The fraction of sp³-hybridized carbons (Fsp3) is 0.200. The first-order chi connectivity index (χ1) is 7.24. The molecule has 2 rings (SSSR count). The van der Waals surface area contributed by atoms with Crippen LogP contribution >= 0.6 is 0 Å². The van der Waals surface area contributed by atoms with E-state index in [1.165, 1.54) is 0 Å². The second kappa shape index (κ2) is 4.00. The molecule has 0 atom stereocenters. The van der Waals surface area contributed by atoms with Gasteiger partial charge in [-0.25, -0.2) is 0 Å². The van der Waals surface area contributed by atoms with Gasteiger partial charge in [0.25, 0.3) is 5.89 Å². The first-order valence-electron chi connectivity index (χ1n) is 4.51. The summed E-state index contributed by atoms with van der Waals surface area (Å²) in [5.74, 6) is 1.72. The van der Waals surface area contributed by atoms with Gasteiger partial charge in [-0.15, -0.1) is 10.2 Å². The van der Waals surface area contributed by atoms with Crippen LogP contribution < -0.4 is 10.5 Å². The Morgan fingerprint density at radius 2 is 2.00 bits per heavy atom. The van der Waals surface area contributed by atoms with E-state index in [1.807, 2.05) is 0 Å². The Balaban J connectivity index is 1.96. The van der Waals surface area contributed by atoms with Crippen LogP contribution in [0.15, 0.2) is 28.7 Å². The van der Waals surface area contributed by atoms with Gasteiger partial charge in [0.2, 0.25) is 5.89 Å². The van der Waals surface area contributed by atoms with Crippen molar-refractivity contribution in [1.29, 1.82) is 0 Å². The van der Waals surface area contributed by atoms with Gasteiger partial charge in [-0.1, -0.05) is 0 Å². The van der Waals surface area contributed by atoms with Crippen LogP contribution in [0, 0.1) is 6.92 Å². The lowest BCUT2D eigenvalue weighted by Crippen LogP contribution is -1.95. The highest BCUT2D eigenvalue weighted by Gasteiger charge is 2.02. The topological polar surface area (TPSA) is 74.2 Å². The molecule has 0 aliphatic rings. The van der Waals surface area contributed by atoms with Crippen LogP contribution in [0.4, 0.5) is 5.69 Å². The Hall–Kier alpha value is -2.04. The van der Waals surface area contributed by atoms with E-state index in [0.717, 1.165) is 5.75 Å². The molecule has 2 aromatic rings. The lowest BCUT2D eigenvalue weighted by atomic mass is 10.3. The molecular formula is C10H11N3O2. The number of nitrogen functional groups attached to an aromatic ring is 1. The van der Waals surface area contributed by atoms with Crippen LogP contribution in [0.25, 0.3) is 0 Å². The number of aromatic nitrogens is 2. The maximum absolute atomic E-state index is 5.54. The fourth-order valence-corrected chi connectivity index (χ4v) is 1.10. The molecule has 0 amide bonds. The van der Waals surface area contributed by atoms with Crippen molar-refractivity contribution < 1.29 is 9.15 Å². The van der Waals surface area contributed by atoms with Crippen molar-refractivity contribution >= 4 is 5.69 Å². The van der Waals surface area contributed by atoms with E-state index >= 15 is 0 Å². The summed E-state index contributed by atoms with van der Waals surface area (Å²) >= 11 is 0. The molecule has 0 bridgehead atoms. The third kappa shape index (κ3) is 2.46. The summed E-state index contributed by atoms with van der Waals surface area (Å²) < 4.78 is 10.6. The van der Waals surface area contributed by atoms with Crippen LogP contribution in [0.1, 0.15) is 11.8 Å². The quantitative estimate of drug-likeness (QED) is 0.769. The average molecular weight is 205 g/mol. The van der Waals surface area contributed by atoms with Crippen LogP contribution in [0.2, 0.25) is 0 Å². The Morgan fingerprint density at radius 3 is 2.60 bits per heavy atom. The minimum absolute atomic E-state index is 0.269. The first-order valence-corrected chi connectivity index (χ1v) is 4.51. The van der Waals surface area contributed by atoms with E-state index < -0.39 is 0 Å². The highest BCUT2D eigenvalue weighted by atomic mass is 16.5. The number of hydrogen-bond donors (Lipinski definition) is 1. The monoisotopic (exact) mass is 205 g/mol. The second-order valence-electron chi connectivity index (χ2n) is 3.07. The normalized spacial score (nSPS) is 10.2. The third-order valence-electron chi connectivity index (χ3n) is 1.81. The molecule has 0 aliphatic heterocycles. The number of benzene rings is 1. The minimum Gasteiger partial charge on any atom is -0.484 e. The highest BCUT2D eigenvalue weighted by Crippen LogP contribution is 2.14. The Morgan fingerprint density at radius 1 is 1.27 bits per heavy atom. The molecule has 0 radical (unpaired) electrons. The van der Waals surface area contributed by atoms with E-state index in [9.17, 15) is 0 Å². The number of aryl methyl sites for hydroxylation is 1. The number of ether oxygens (including phenoxy) is 1. The summed E-state index contributed by atoms with van der Waals surface area (Å²) in [5.41, 5.74) is 6.25. The summed E-state index contributed by atoms with van der Waals surface area (Å²) in [5, 5.41) is 7.51. The van der Waals surface area contributed by atoms with Crippen LogP contribution in [0.3, 0.4) is 0 Å². The van der Waals surface area contributed by atoms with Gasteiger partial charge in [0.05, 0.1) is 0 Å². The largest absolute Gasteiger partial charge is 0.484 e. The molecular weight excluding hydrogens is 194 g/mol. The van der Waals surface area contributed by atoms with Gasteiger partial charge < -0.3 is 14.9 Å². The number of anilines is 1. The molecule has 2 N–H and O–H groups in total. The van der Waals surface area contributed by atoms with Gasteiger partial charge >= 0.3 is 0 Å². The van der Waals surface area contributed by atoms with E-state index in [2.05, 4.69) is 10.2 Å². The minimum atomic E-state index is 0.269.